The SMILES string of the molecule is Cc1c(NC2(OC(C)C)CC2)ccc(F)c1F. The fourth-order valence-corrected chi connectivity index (χ4v) is 1.87. The van der Waals surface area contributed by atoms with Gasteiger partial charge in [0.1, 0.15) is 5.72 Å². The molecule has 0 amide bonds. The van der Waals surface area contributed by atoms with Crippen molar-refractivity contribution in [3.8, 4) is 0 Å². The van der Waals surface area contributed by atoms with Gasteiger partial charge in [-0.2, -0.15) is 0 Å². The molecule has 1 aliphatic rings. The van der Waals surface area contributed by atoms with Crippen molar-refractivity contribution in [3.63, 3.8) is 0 Å². The summed E-state index contributed by atoms with van der Waals surface area (Å²) in [6, 6.07) is 2.69. The van der Waals surface area contributed by atoms with E-state index in [0.717, 1.165) is 18.9 Å². The minimum Gasteiger partial charge on any atom is -0.357 e. The zero-order valence-corrected chi connectivity index (χ0v) is 10.3. The van der Waals surface area contributed by atoms with Gasteiger partial charge in [-0.15, -0.1) is 0 Å². The Labute approximate surface area is 100.0 Å². The smallest absolute Gasteiger partial charge is 0.163 e. The van der Waals surface area contributed by atoms with Crippen molar-refractivity contribution in [1.29, 1.82) is 0 Å². The molecule has 0 radical (unpaired) electrons. The lowest BCUT2D eigenvalue weighted by Gasteiger charge is -2.23. The van der Waals surface area contributed by atoms with Gasteiger partial charge in [0.05, 0.1) is 6.10 Å². The van der Waals surface area contributed by atoms with Crippen LogP contribution in [-0.4, -0.2) is 11.8 Å². The summed E-state index contributed by atoms with van der Waals surface area (Å²) >= 11 is 0. The van der Waals surface area contributed by atoms with Gasteiger partial charge in [-0.25, -0.2) is 8.78 Å². The van der Waals surface area contributed by atoms with E-state index < -0.39 is 11.6 Å². The molecule has 0 bridgehead atoms. The van der Waals surface area contributed by atoms with Crippen molar-refractivity contribution >= 4 is 5.69 Å². The number of hydrogen-bond donors (Lipinski definition) is 1. The van der Waals surface area contributed by atoms with Crippen molar-refractivity contribution in [2.75, 3.05) is 5.32 Å². The number of hydrogen-bond acceptors (Lipinski definition) is 2. The summed E-state index contributed by atoms with van der Waals surface area (Å²) in [7, 11) is 0. The van der Waals surface area contributed by atoms with Crippen LogP contribution in [-0.2, 0) is 4.74 Å². The molecule has 0 atom stereocenters. The van der Waals surface area contributed by atoms with E-state index in [4.69, 9.17) is 4.74 Å². The standard InChI is InChI=1S/C13H17F2NO/c1-8(2)17-13(6-7-13)16-11-5-4-10(14)12(15)9(11)3/h4-5,8,16H,6-7H2,1-3H3. The average molecular weight is 241 g/mol. The second-order valence-electron chi connectivity index (χ2n) is 4.82. The molecular formula is C13H17F2NO. The topological polar surface area (TPSA) is 21.3 Å². The van der Waals surface area contributed by atoms with Gasteiger partial charge in [-0.05, 0) is 45.7 Å². The number of rotatable bonds is 4. The lowest BCUT2D eigenvalue weighted by Crippen LogP contribution is -2.28. The van der Waals surface area contributed by atoms with E-state index >= 15 is 0 Å². The second-order valence-corrected chi connectivity index (χ2v) is 4.82. The molecule has 17 heavy (non-hydrogen) atoms. The zero-order chi connectivity index (χ0) is 12.6. The van der Waals surface area contributed by atoms with Crippen molar-refractivity contribution in [1.82, 2.24) is 0 Å². The number of anilines is 1. The normalized spacial score (nSPS) is 17.3. The van der Waals surface area contributed by atoms with Crippen LogP contribution < -0.4 is 5.32 Å². The molecule has 94 valence electrons. The highest BCUT2D eigenvalue weighted by Crippen LogP contribution is 2.41. The van der Waals surface area contributed by atoms with Crippen LogP contribution in [0.1, 0.15) is 32.3 Å². The Hall–Kier alpha value is -1.16. The maximum absolute atomic E-state index is 13.4. The highest BCUT2D eigenvalue weighted by molar-refractivity contribution is 5.53. The summed E-state index contributed by atoms with van der Waals surface area (Å²) in [5, 5.41) is 3.17. The Bertz CT molecular complexity index is 428. The molecule has 2 rings (SSSR count). The third-order valence-electron chi connectivity index (χ3n) is 2.87. The van der Waals surface area contributed by atoms with Gasteiger partial charge in [-0.3, -0.25) is 0 Å². The van der Waals surface area contributed by atoms with Gasteiger partial charge in [0, 0.05) is 11.3 Å². The molecule has 1 fully saturated rings. The van der Waals surface area contributed by atoms with Crippen LogP contribution >= 0.6 is 0 Å². The minimum atomic E-state index is -0.817. The van der Waals surface area contributed by atoms with Crippen LogP contribution in [0.25, 0.3) is 0 Å². The number of nitrogens with one attached hydrogen (secondary N) is 1. The molecule has 0 unspecified atom stereocenters. The van der Waals surface area contributed by atoms with E-state index in [1.54, 1.807) is 13.0 Å². The molecule has 1 N–H and O–H groups in total. The largest absolute Gasteiger partial charge is 0.357 e. The van der Waals surface area contributed by atoms with Gasteiger partial charge >= 0.3 is 0 Å². The highest BCUT2D eigenvalue weighted by Gasteiger charge is 2.45. The average Bonchev–Trinajstić information content (AvgIpc) is 2.98. The van der Waals surface area contributed by atoms with Crippen LogP contribution in [0.15, 0.2) is 12.1 Å². The lowest BCUT2D eigenvalue weighted by atomic mass is 10.1. The predicted molar refractivity (Wildman–Crippen MR) is 62.9 cm³/mol. The first kappa shape index (κ1) is 12.3. The van der Waals surface area contributed by atoms with E-state index in [1.807, 2.05) is 13.8 Å². The fourth-order valence-electron chi connectivity index (χ4n) is 1.87. The van der Waals surface area contributed by atoms with Crippen LogP contribution in [0.2, 0.25) is 0 Å². The minimum absolute atomic E-state index is 0.107. The third kappa shape index (κ3) is 2.57. The Morgan fingerprint density at radius 2 is 1.94 bits per heavy atom. The van der Waals surface area contributed by atoms with Gasteiger partial charge in [-0.1, -0.05) is 0 Å². The number of ether oxygens (including phenoxy) is 1. The molecule has 1 aliphatic carbocycles. The second kappa shape index (κ2) is 4.26. The molecule has 0 saturated heterocycles. The molecule has 1 saturated carbocycles. The van der Waals surface area contributed by atoms with E-state index in [0.29, 0.717) is 11.3 Å². The summed E-state index contributed by atoms with van der Waals surface area (Å²) in [5.74, 6) is -1.61. The summed E-state index contributed by atoms with van der Waals surface area (Å²) in [6.45, 7) is 5.48. The van der Waals surface area contributed by atoms with E-state index in [1.165, 1.54) is 0 Å². The monoisotopic (exact) mass is 241 g/mol. The Morgan fingerprint density at radius 3 is 2.47 bits per heavy atom. The van der Waals surface area contributed by atoms with Crippen LogP contribution in [0.4, 0.5) is 14.5 Å². The fraction of sp³-hybridized carbons (Fsp3) is 0.538. The molecular weight excluding hydrogens is 224 g/mol. The first-order chi connectivity index (χ1) is 7.93. The van der Waals surface area contributed by atoms with E-state index in [2.05, 4.69) is 5.32 Å². The molecule has 1 aromatic carbocycles. The van der Waals surface area contributed by atoms with Crippen molar-refractivity contribution in [2.24, 2.45) is 0 Å². The van der Waals surface area contributed by atoms with Crippen molar-refractivity contribution in [3.05, 3.63) is 29.3 Å². The van der Waals surface area contributed by atoms with Gasteiger partial charge in [0.25, 0.3) is 0 Å². The third-order valence-corrected chi connectivity index (χ3v) is 2.87. The van der Waals surface area contributed by atoms with Crippen molar-refractivity contribution < 1.29 is 13.5 Å². The predicted octanol–water partition coefficient (Wildman–Crippen LogP) is 3.60. The Kier molecular flexibility index (Phi) is 3.08. The molecule has 1 aromatic rings. The molecule has 0 heterocycles. The van der Waals surface area contributed by atoms with Gasteiger partial charge in [0.2, 0.25) is 0 Å². The summed E-state index contributed by atoms with van der Waals surface area (Å²) in [6.07, 6.45) is 1.89. The van der Waals surface area contributed by atoms with E-state index in [-0.39, 0.29) is 11.8 Å². The quantitative estimate of drug-likeness (QED) is 0.813. The van der Waals surface area contributed by atoms with Crippen LogP contribution in [0.5, 0.6) is 0 Å². The Balaban J connectivity index is 2.17. The van der Waals surface area contributed by atoms with E-state index in [9.17, 15) is 8.78 Å². The highest BCUT2D eigenvalue weighted by atomic mass is 19.2. The van der Waals surface area contributed by atoms with Gasteiger partial charge < -0.3 is 10.1 Å². The molecule has 0 spiro atoms. The molecule has 4 heteroatoms. The molecule has 0 aliphatic heterocycles. The number of halogens is 2. The summed E-state index contributed by atoms with van der Waals surface area (Å²) < 4.78 is 32.1. The van der Waals surface area contributed by atoms with Crippen molar-refractivity contribution in [2.45, 2.75) is 45.4 Å². The van der Waals surface area contributed by atoms with Gasteiger partial charge in [0.15, 0.2) is 11.6 Å². The van der Waals surface area contributed by atoms with Crippen LogP contribution in [0.3, 0.4) is 0 Å². The summed E-state index contributed by atoms with van der Waals surface area (Å²) in [4.78, 5) is 0. The molecule has 2 nitrogen and oxygen atoms in total. The maximum Gasteiger partial charge on any atom is 0.163 e. The molecule has 0 aromatic heterocycles. The first-order valence-corrected chi connectivity index (χ1v) is 5.84. The van der Waals surface area contributed by atoms with Crippen LogP contribution in [0, 0.1) is 18.6 Å². The zero-order valence-electron chi connectivity index (χ0n) is 10.3. The Morgan fingerprint density at radius 1 is 1.29 bits per heavy atom. The number of benzene rings is 1. The summed E-state index contributed by atoms with van der Waals surface area (Å²) in [5.41, 5.74) is 0.508. The maximum atomic E-state index is 13.4. The lowest BCUT2D eigenvalue weighted by molar-refractivity contribution is 0.00661. The first-order valence-electron chi connectivity index (χ1n) is 5.84.